The molecular weight excluding hydrogens is 668 g/mol. The van der Waals surface area contributed by atoms with Gasteiger partial charge in [-0.2, -0.15) is 0 Å². The Balaban J connectivity index is 1.45. The zero-order valence-electron chi connectivity index (χ0n) is 31.2. The van der Waals surface area contributed by atoms with Gasteiger partial charge in [0.2, 0.25) is 11.8 Å². The molecule has 3 aliphatic rings. The Kier molecular flexibility index (Phi) is 11.1. The van der Waals surface area contributed by atoms with Gasteiger partial charge in [-0.25, -0.2) is 9.59 Å². The van der Waals surface area contributed by atoms with E-state index in [9.17, 15) is 28.8 Å². The van der Waals surface area contributed by atoms with E-state index in [-0.39, 0.29) is 45.6 Å². The Bertz CT molecular complexity index is 1630. The summed E-state index contributed by atoms with van der Waals surface area (Å²) in [7, 11) is 0. The minimum Gasteiger partial charge on any atom is -0.444 e. The van der Waals surface area contributed by atoms with E-state index in [0.717, 1.165) is 0 Å². The molecule has 2 aromatic rings. The van der Waals surface area contributed by atoms with Crippen LogP contribution in [0, 0.1) is 0 Å². The van der Waals surface area contributed by atoms with Crippen molar-refractivity contribution < 1.29 is 38.2 Å². The lowest BCUT2D eigenvalue weighted by Crippen LogP contribution is -2.55. The first-order valence-electron chi connectivity index (χ1n) is 17.7. The molecular formula is C38H50N6O8. The van der Waals surface area contributed by atoms with E-state index in [1.807, 2.05) is 0 Å². The van der Waals surface area contributed by atoms with Crippen LogP contribution < -0.4 is 21.3 Å². The van der Waals surface area contributed by atoms with Crippen LogP contribution in [0.3, 0.4) is 0 Å². The number of benzene rings is 2. The Morgan fingerprint density at radius 1 is 0.673 bits per heavy atom. The lowest BCUT2D eigenvalue weighted by atomic mass is 9.77. The minimum absolute atomic E-state index is 0.210. The predicted molar refractivity (Wildman–Crippen MR) is 192 cm³/mol. The molecule has 0 spiro atoms. The van der Waals surface area contributed by atoms with Crippen molar-refractivity contribution in [2.24, 2.45) is 0 Å². The van der Waals surface area contributed by atoms with Gasteiger partial charge in [0.25, 0.3) is 0 Å². The van der Waals surface area contributed by atoms with Crippen molar-refractivity contribution in [3.8, 4) is 0 Å². The van der Waals surface area contributed by atoms with Gasteiger partial charge in [0.1, 0.15) is 23.3 Å². The van der Waals surface area contributed by atoms with E-state index in [4.69, 9.17) is 9.47 Å². The molecule has 280 valence electrons. The molecule has 2 aromatic carbocycles. The second-order valence-corrected chi connectivity index (χ2v) is 15.4. The molecule has 2 saturated heterocycles. The van der Waals surface area contributed by atoms with Gasteiger partial charge in [-0.05, 0) is 66.5 Å². The number of ketones is 2. The van der Waals surface area contributed by atoms with E-state index in [2.05, 4.69) is 21.3 Å². The van der Waals surface area contributed by atoms with Gasteiger partial charge in [0.05, 0.1) is 12.1 Å². The Labute approximate surface area is 304 Å². The summed E-state index contributed by atoms with van der Waals surface area (Å²) in [5, 5.41) is 11.8. The first-order chi connectivity index (χ1) is 24.4. The van der Waals surface area contributed by atoms with E-state index >= 15 is 0 Å². The molecule has 1 aliphatic carbocycles. The van der Waals surface area contributed by atoms with Crippen molar-refractivity contribution in [2.45, 2.75) is 90.8 Å². The Hall–Kier alpha value is -4.82. The molecule has 2 fully saturated rings. The molecule has 0 bridgehead atoms. The summed E-state index contributed by atoms with van der Waals surface area (Å²) in [5.41, 5.74) is 0.432. The number of ether oxygens (including phenoxy) is 2. The van der Waals surface area contributed by atoms with Crippen LogP contribution in [-0.4, -0.2) is 108 Å². The lowest BCUT2D eigenvalue weighted by Gasteiger charge is -2.40. The molecule has 14 nitrogen and oxygen atoms in total. The largest absolute Gasteiger partial charge is 0.444 e. The fourth-order valence-electron chi connectivity index (χ4n) is 6.93. The van der Waals surface area contributed by atoms with E-state index in [1.54, 1.807) is 102 Å². The maximum absolute atomic E-state index is 14.5. The summed E-state index contributed by atoms with van der Waals surface area (Å²) in [6, 6.07) is 7.13. The first-order valence-corrected chi connectivity index (χ1v) is 17.7. The molecule has 4 N–H and O–H groups in total. The summed E-state index contributed by atoms with van der Waals surface area (Å²) in [5.74, 6) is -1.42. The number of hydrogen-bond acceptors (Lipinski definition) is 10. The highest BCUT2D eigenvalue weighted by Crippen LogP contribution is 2.38. The molecule has 52 heavy (non-hydrogen) atoms. The fraction of sp³-hybridized carbons (Fsp3) is 0.526. The van der Waals surface area contributed by atoms with E-state index in [0.29, 0.717) is 50.4 Å². The summed E-state index contributed by atoms with van der Waals surface area (Å²) < 4.78 is 10.7. The number of piperazine rings is 2. The molecule has 0 radical (unpaired) electrons. The van der Waals surface area contributed by atoms with Crippen molar-refractivity contribution in [1.82, 2.24) is 31.1 Å². The third kappa shape index (κ3) is 8.28. The Morgan fingerprint density at radius 2 is 1.04 bits per heavy atom. The topological polar surface area (TPSA) is 175 Å². The molecule has 14 heteroatoms. The Morgan fingerprint density at radius 3 is 1.38 bits per heavy atom. The van der Waals surface area contributed by atoms with Crippen LogP contribution in [0.15, 0.2) is 36.4 Å². The molecule has 2 heterocycles. The SMILES string of the molecule is C[C@H](NC(=O)OC(C)(C)C)C(=O)N1CCNCC1c1cccc2c1C(=O)c1cccc(C3CNCCN3C(=O)[C@H](C)NC(=O)OC(C)(C)C)c1C2=O. The van der Waals surface area contributed by atoms with Crippen molar-refractivity contribution in [3.63, 3.8) is 0 Å². The molecule has 4 atom stereocenters. The maximum Gasteiger partial charge on any atom is 0.408 e. The van der Waals surface area contributed by atoms with Crippen LogP contribution >= 0.6 is 0 Å². The summed E-state index contributed by atoms with van der Waals surface area (Å²) in [6.45, 7) is 15.9. The average Bonchev–Trinajstić information content (AvgIpc) is 3.07. The van der Waals surface area contributed by atoms with Crippen LogP contribution in [0.4, 0.5) is 9.59 Å². The van der Waals surface area contributed by atoms with Crippen LogP contribution in [0.1, 0.15) is 110 Å². The number of rotatable bonds is 6. The smallest absolute Gasteiger partial charge is 0.408 e. The van der Waals surface area contributed by atoms with Crippen molar-refractivity contribution in [3.05, 3.63) is 69.8 Å². The molecule has 0 aromatic heterocycles. The lowest BCUT2D eigenvalue weighted by molar-refractivity contribution is -0.137. The zero-order chi connectivity index (χ0) is 38.1. The average molecular weight is 719 g/mol. The van der Waals surface area contributed by atoms with Crippen LogP contribution in [0.5, 0.6) is 0 Å². The highest BCUT2D eigenvalue weighted by atomic mass is 16.6. The van der Waals surface area contributed by atoms with Gasteiger partial charge in [0.15, 0.2) is 11.6 Å². The number of hydrogen-bond donors (Lipinski definition) is 4. The second kappa shape index (κ2) is 15.0. The predicted octanol–water partition coefficient (Wildman–Crippen LogP) is 3.23. The number of alkyl carbamates (subject to hydrolysis) is 2. The van der Waals surface area contributed by atoms with Gasteiger partial charge in [0, 0.05) is 61.5 Å². The van der Waals surface area contributed by atoms with Gasteiger partial charge in [-0.15, -0.1) is 0 Å². The normalized spacial score (nSPS) is 20.2. The standard InChI is InChI=1S/C38H50N6O8/c1-21(41-35(49)51-37(3,4)5)33(47)43-17-15-39-19-27(43)23-11-9-13-25-29(23)31(45)26-14-10-12-24(30(26)32(25)46)28-20-40-16-18-44(28)34(48)22(2)42-36(50)52-38(6,7)8/h9-14,21-22,27-28,39-40H,15-20H2,1-8H3,(H,41,49)(H,42,50)/t21-,22-,27?,28?/m0/s1. The number of nitrogens with zero attached hydrogens (tertiary/aromatic N) is 2. The summed E-state index contributed by atoms with van der Waals surface area (Å²) in [4.78, 5) is 84.7. The van der Waals surface area contributed by atoms with E-state index < -0.39 is 47.6 Å². The van der Waals surface area contributed by atoms with Crippen LogP contribution in [0.25, 0.3) is 0 Å². The monoisotopic (exact) mass is 718 g/mol. The highest BCUT2D eigenvalue weighted by Gasteiger charge is 2.41. The highest BCUT2D eigenvalue weighted by molar-refractivity contribution is 6.29. The van der Waals surface area contributed by atoms with Crippen molar-refractivity contribution >= 4 is 35.6 Å². The maximum atomic E-state index is 14.5. The number of carbonyl (C=O) groups excluding carboxylic acids is 6. The zero-order valence-corrected chi connectivity index (χ0v) is 31.2. The number of amides is 4. The van der Waals surface area contributed by atoms with Gasteiger partial charge < -0.3 is 40.5 Å². The minimum atomic E-state index is -0.910. The van der Waals surface area contributed by atoms with E-state index in [1.165, 1.54) is 0 Å². The number of nitrogens with one attached hydrogen (secondary N) is 4. The first kappa shape index (κ1) is 38.4. The van der Waals surface area contributed by atoms with Gasteiger partial charge in [-0.3, -0.25) is 19.2 Å². The quantitative estimate of drug-likeness (QED) is 0.296. The summed E-state index contributed by atoms with van der Waals surface area (Å²) in [6.07, 6.45) is -1.43. The van der Waals surface area contributed by atoms with Crippen LogP contribution in [0.2, 0.25) is 0 Å². The van der Waals surface area contributed by atoms with Gasteiger partial charge in [-0.1, -0.05) is 36.4 Å². The van der Waals surface area contributed by atoms with Crippen molar-refractivity contribution in [2.75, 3.05) is 39.3 Å². The summed E-state index contributed by atoms with van der Waals surface area (Å²) >= 11 is 0. The number of fused-ring (bicyclic) bond motifs is 2. The third-order valence-corrected chi connectivity index (χ3v) is 9.12. The van der Waals surface area contributed by atoms with Crippen molar-refractivity contribution in [1.29, 1.82) is 0 Å². The molecule has 2 unspecified atom stereocenters. The molecule has 4 amide bonds. The number of carbonyl (C=O) groups is 6. The molecule has 5 rings (SSSR count). The third-order valence-electron chi connectivity index (χ3n) is 9.12. The van der Waals surface area contributed by atoms with Crippen LogP contribution in [-0.2, 0) is 19.1 Å². The second-order valence-electron chi connectivity index (χ2n) is 15.4. The van der Waals surface area contributed by atoms with Gasteiger partial charge >= 0.3 is 12.2 Å². The molecule has 0 saturated carbocycles. The molecule has 2 aliphatic heterocycles. The fourth-order valence-corrected chi connectivity index (χ4v) is 6.93.